The molecular weight excluding hydrogens is 142 g/mol. The summed E-state index contributed by atoms with van der Waals surface area (Å²) < 4.78 is 0. The molecule has 0 aromatic carbocycles. The molecule has 11 heavy (non-hydrogen) atoms. The van der Waals surface area contributed by atoms with Gasteiger partial charge in [0.2, 0.25) is 0 Å². The van der Waals surface area contributed by atoms with Gasteiger partial charge >= 0.3 is 0 Å². The van der Waals surface area contributed by atoms with Crippen molar-refractivity contribution >= 4 is 5.78 Å². The smallest absolute Gasteiger partial charge is 0.157 e. The third-order valence-corrected chi connectivity index (χ3v) is 1.14. The van der Waals surface area contributed by atoms with E-state index in [0.29, 0.717) is 12.3 Å². The van der Waals surface area contributed by atoms with Gasteiger partial charge in [0, 0.05) is 18.2 Å². The van der Waals surface area contributed by atoms with Gasteiger partial charge < -0.3 is 10.8 Å². The first-order chi connectivity index (χ1) is 5.06. The Labute approximate surface area is 66.9 Å². The molecule has 64 valence electrons. The topological polar surface area (TPSA) is 63.3 Å². The first kappa shape index (κ1) is 10.2. The molecule has 3 N–H and O–H groups in total. The van der Waals surface area contributed by atoms with Crippen LogP contribution in [0, 0.1) is 5.92 Å². The lowest BCUT2D eigenvalue weighted by molar-refractivity contribution is -0.115. The number of rotatable bonds is 4. The first-order valence-corrected chi connectivity index (χ1v) is 3.66. The molecule has 0 spiro atoms. The third-order valence-electron chi connectivity index (χ3n) is 1.14. The van der Waals surface area contributed by atoms with Crippen molar-refractivity contribution in [3.63, 3.8) is 0 Å². The van der Waals surface area contributed by atoms with Crippen molar-refractivity contribution in [2.45, 2.75) is 20.3 Å². The Bertz CT molecular complexity index is 161. The fourth-order valence-electron chi connectivity index (χ4n) is 0.714. The number of hydrogen-bond acceptors (Lipinski definition) is 3. The molecular formula is C8H15NO2. The molecule has 3 nitrogen and oxygen atoms in total. The fourth-order valence-corrected chi connectivity index (χ4v) is 0.714. The van der Waals surface area contributed by atoms with Crippen molar-refractivity contribution in [2.75, 3.05) is 6.61 Å². The van der Waals surface area contributed by atoms with Crippen molar-refractivity contribution < 1.29 is 9.90 Å². The van der Waals surface area contributed by atoms with Crippen molar-refractivity contribution in [1.29, 1.82) is 0 Å². The zero-order valence-electron chi connectivity index (χ0n) is 7.00. The van der Waals surface area contributed by atoms with E-state index in [2.05, 4.69) is 0 Å². The van der Waals surface area contributed by atoms with Gasteiger partial charge in [-0.1, -0.05) is 13.8 Å². The number of carbonyl (C=O) groups is 1. The van der Waals surface area contributed by atoms with Crippen LogP contribution in [0.2, 0.25) is 0 Å². The Morgan fingerprint density at radius 3 is 2.55 bits per heavy atom. The highest BCUT2D eigenvalue weighted by Gasteiger charge is 2.01. The van der Waals surface area contributed by atoms with Gasteiger partial charge in [0.1, 0.15) is 0 Å². The first-order valence-electron chi connectivity index (χ1n) is 3.66. The molecule has 0 unspecified atom stereocenters. The molecule has 0 saturated heterocycles. The number of ketones is 1. The van der Waals surface area contributed by atoms with Crippen LogP contribution in [0.1, 0.15) is 20.3 Å². The van der Waals surface area contributed by atoms with Gasteiger partial charge in [0.25, 0.3) is 0 Å². The lowest BCUT2D eigenvalue weighted by atomic mass is 10.1. The average molecular weight is 157 g/mol. The SMILES string of the molecule is CC(C)CC(=O)/C=C(\N)CO. The Morgan fingerprint density at radius 2 is 2.18 bits per heavy atom. The summed E-state index contributed by atoms with van der Waals surface area (Å²) in [6, 6.07) is 0. The Morgan fingerprint density at radius 1 is 1.64 bits per heavy atom. The maximum absolute atomic E-state index is 11.0. The van der Waals surface area contributed by atoms with Crippen LogP contribution in [0.25, 0.3) is 0 Å². The van der Waals surface area contributed by atoms with E-state index < -0.39 is 0 Å². The molecule has 0 saturated carbocycles. The highest BCUT2D eigenvalue weighted by molar-refractivity contribution is 5.90. The number of hydrogen-bond donors (Lipinski definition) is 2. The summed E-state index contributed by atoms with van der Waals surface area (Å²) in [6.45, 7) is 3.67. The zero-order valence-corrected chi connectivity index (χ0v) is 7.00. The minimum Gasteiger partial charge on any atom is -0.400 e. The minimum atomic E-state index is -0.246. The molecule has 0 aliphatic rings. The van der Waals surface area contributed by atoms with Crippen molar-refractivity contribution in [1.82, 2.24) is 0 Å². The highest BCUT2D eigenvalue weighted by atomic mass is 16.3. The summed E-state index contributed by atoms with van der Waals surface area (Å²) in [5.41, 5.74) is 5.47. The Hall–Kier alpha value is -0.830. The number of allylic oxidation sites excluding steroid dienone is 1. The zero-order chi connectivity index (χ0) is 8.85. The largest absolute Gasteiger partial charge is 0.400 e. The van der Waals surface area contributed by atoms with Crippen LogP contribution in [0.3, 0.4) is 0 Å². The van der Waals surface area contributed by atoms with Crippen LogP contribution in [0.4, 0.5) is 0 Å². The summed E-state index contributed by atoms with van der Waals surface area (Å²) in [4.78, 5) is 11.0. The molecule has 0 bridgehead atoms. The molecule has 0 radical (unpaired) electrons. The maximum atomic E-state index is 11.0. The van der Waals surface area contributed by atoms with Gasteiger partial charge in [-0.2, -0.15) is 0 Å². The van der Waals surface area contributed by atoms with Crippen molar-refractivity contribution in [3.8, 4) is 0 Å². The van der Waals surface area contributed by atoms with Gasteiger partial charge in [0.05, 0.1) is 6.61 Å². The van der Waals surface area contributed by atoms with Crippen LogP contribution < -0.4 is 5.73 Å². The maximum Gasteiger partial charge on any atom is 0.157 e. The van der Waals surface area contributed by atoms with E-state index in [9.17, 15) is 4.79 Å². The molecule has 0 heterocycles. The molecule has 0 atom stereocenters. The molecule has 0 aromatic rings. The molecule has 0 fully saturated rings. The number of aliphatic hydroxyl groups excluding tert-OH is 1. The normalized spacial score (nSPS) is 12.2. The van der Waals surface area contributed by atoms with Gasteiger partial charge in [-0.05, 0) is 5.92 Å². The minimum absolute atomic E-state index is 0.0217. The van der Waals surface area contributed by atoms with E-state index in [1.165, 1.54) is 6.08 Å². The summed E-state index contributed by atoms with van der Waals surface area (Å²) in [6.07, 6.45) is 1.78. The Kier molecular flexibility index (Phi) is 4.54. The monoisotopic (exact) mass is 157 g/mol. The standard InChI is InChI=1S/C8H15NO2/c1-6(2)3-8(11)4-7(9)5-10/h4,6,10H,3,5,9H2,1-2H3/b7-4-. The van der Waals surface area contributed by atoms with Crippen LogP contribution in [0.15, 0.2) is 11.8 Å². The van der Waals surface area contributed by atoms with E-state index in [4.69, 9.17) is 10.8 Å². The van der Waals surface area contributed by atoms with Crippen molar-refractivity contribution in [2.24, 2.45) is 11.7 Å². The van der Waals surface area contributed by atoms with Crippen LogP contribution in [-0.2, 0) is 4.79 Å². The van der Waals surface area contributed by atoms with E-state index in [1.54, 1.807) is 0 Å². The summed E-state index contributed by atoms with van der Waals surface area (Å²) in [5, 5.41) is 8.47. The van der Waals surface area contributed by atoms with Gasteiger partial charge in [0.15, 0.2) is 5.78 Å². The number of nitrogens with two attached hydrogens (primary N) is 1. The van der Waals surface area contributed by atoms with Gasteiger partial charge in [-0.15, -0.1) is 0 Å². The predicted octanol–water partition coefficient (Wildman–Crippen LogP) is 0.437. The van der Waals surface area contributed by atoms with E-state index >= 15 is 0 Å². The summed E-state index contributed by atoms with van der Waals surface area (Å²) in [5.74, 6) is 0.316. The second-order valence-corrected chi connectivity index (χ2v) is 2.94. The van der Waals surface area contributed by atoms with Crippen molar-refractivity contribution in [3.05, 3.63) is 11.8 Å². The average Bonchev–Trinajstić information content (AvgIpc) is 1.85. The molecule has 0 aliphatic heterocycles. The number of carbonyl (C=O) groups excluding carboxylic acids is 1. The number of aliphatic hydroxyl groups is 1. The van der Waals surface area contributed by atoms with Gasteiger partial charge in [-0.3, -0.25) is 4.79 Å². The van der Waals surface area contributed by atoms with Gasteiger partial charge in [-0.25, -0.2) is 0 Å². The van der Waals surface area contributed by atoms with Crippen LogP contribution in [-0.4, -0.2) is 17.5 Å². The quantitative estimate of drug-likeness (QED) is 0.582. The molecule has 0 rings (SSSR count). The highest BCUT2D eigenvalue weighted by Crippen LogP contribution is 2.01. The summed E-state index contributed by atoms with van der Waals surface area (Å²) >= 11 is 0. The second kappa shape index (κ2) is 4.91. The molecule has 0 aromatic heterocycles. The van der Waals surface area contributed by atoms with Crippen LogP contribution >= 0.6 is 0 Å². The summed E-state index contributed by atoms with van der Waals surface area (Å²) in [7, 11) is 0. The molecule has 0 amide bonds. The molecule has 3 heteroatoms. The predicted molar refractivity (Wildman–Crippen MR) is 43.8 cm³/mol. The Balaban J connectivity index is 3.86. The lowest BCUT2D eigenvalue weighted by Crippen LogP contribution is -2.07. The third kappa shape index (κ3) is 5.61. The van der Waals surface area contributed by atoms with E-state index in [0.717, 1.165) is 0 Å². The molecule has 0 aliphatic carbocycles. The second-order valence-electron chi connectivity index (χ2n) is 2.94. The van der Waals surface area contributed by atoms with E-state index in [1.807, 2.05) is 13.8 Å². The van der Waals surface area contributed by atoms with E-state index in [-0.39, 0.29) is 18.1 Å². The fraction of sp³-hybridized carbons (Fsp3) is 0.625. The van der Waals surface area contributed by atoms with Crippen LogP contribution in [0.5, 0.6) is 0 Å². The lowest BCUT2D eigenvalue weighted by Gasteiger charge is -1.99.